The average molecular weight is 273 g/mol. The molecule has 1 atom stereocenters. The molecular formula is C14H21F2NO2. The number of nitrogens with one attached hydrogen (secondary N) is 1. The normalized spacial score (nSPS) is 14.3. The molecule has 1 rings (SSSR count). The maximum Gasteiger partial charge on any atom is 0.256 e. The summed E-state index contributed by atoms with van der Waals surface area (Å²) in [6, 6.07) is 5.24. The van der Waals surface area contributed by atoms with Crippen molar-refractivity contribution < 1.29 is 18.3 Å². The molecule has 19 heavy (non-hydrogen) atoms. The van der Waals surface area contributed by atoms with E-state index in [1.165, 1.54) is 14.0 Å². The van der Waals surface area contributed by atoms with E-state index in [0.717, 1.165) is 5.56 Å². The third-order valence-electron chi connectivity index (χ3n) is 3.08. The number of halogens is 2. The van der Waals surface area contributed by atoms with Crippen LogP contribution >= 0.6 is 0 Å². The van der Waals surface area contributed by atoms with E-state index in [1.54, 1.807) is 25.3 Å². The van der Waals surface area contributed by atoms with Crippen LogP contribution in [0, 0.1) is 0 Å². The number of benzene rings is 1. The smallest absolute Gasteiger partial charge is 0.256 e. The van der Waals surface area contributed by atoms with E-state index < -0.39 is 12.0 Å². The van der Waals surface area contributed by atoms with E-state index in [1.807, 2.05) is 6.92 Å². The van der Waals surface area contributed by atoms with E-state index in [9.17, 15) is 8.78 Å². The van der Waals surface area contributed by atoms with Crippen molar-refractivity contribution in [2.45, 2.75) is 32.2 Å². The summed E-state index contributed by atoms with van der Waals surface area (Å²) in [5.41, 5.74) is -0.463. The molecule has 0 saturated heterocycles. The third kappa shape index (κ3) is 3.80. The van der Waals surface area contributed by atoms with Gasteiger partial charge in [0, 0.05) is 0 Å². The highest BCUT2D eigenvalue weighted by Gasteiger charge is 2.34. The Morgan fingerprint density at radius 2 is 1.84 bits per heavy atom. The first kappa shape index (κ1) is 15.7. The van der Waals surface area contributed by atoms with Crippen LogP contribution in [0.25, 0.3) is 0 Å². The lowest BCUT2D eigenvalue weighted by Crippen LogP contribution is -2.50. The van der Waals surface area contributed by atoms with Gasteiger partial charge in [0.25, 0.3) is 6.43 Å². The highest BCUT2D eigenvalue weighted by molar-refractivity contribution is 5.43. The van der Waals surface area contributed by atoms with Crippen molar-refractivity contribution >= 4 is 0 Å². The van der Waals surface area contributed by atoms with E-state index in [4.69, 9.17) is 9.47 Å². The van der Waals surface area contributed by atoms with Crippen molar-refractivity contribution in [3.05, 3.63) is 23.8 Å². The summed E-state index contributed by atoms with van der Waals surface area (Å²) < 4.78 is 36.6. The van der Waals surface area contributed by atoms with Gasteiger partial charge in [-0.1, -0.05) is 13.0 Å². The SMILES string of the molecule is CCNC(C)(Cc1ccc(OC)c(OC)c1)C(F)F. The second kappa shape index (κ2) is 6.70. The topological polar surface area (TPSA) is 30.5 Å². The van der Waals surface area contributed by atoms with Gasteiger partial charge in [-0.3, -0.25) is 0 Å². The molecule has 1 aromatic carbocycles. The second-order valence-electron chi connectivity index (χ2n) is 4.61. The Morgan fingerprint density at radius 3 is 2.32 bits per heavy atom. The lowest BCUT2D eigenvalue weighted by atomic mass is 9.93. The Hall–Kier alpha value is -1.36. The van der Waals surface area contributed by atoms with Gasteiger partial charge in [0.05, 0.1) is 19.8 Å². The molecule has 0 aliphatic heterocycles. The molecule has 0 amide bonds. The molecular weight excluding hydrogens is 252 g/mol. The molecule has 0 aliphatic rings. The van der Waals surface area contributed by atoms with Crippen LogP contribution in [-0.4, -0.2) is 32.7 Å². The Morgan fingerprint density at radius 1 is 1.21 bits per heavy atom. The molecule has 0 spiro atoms. The summed E-state index contributed by atoms with van der Waals surface area (Å²) in [5.74, 6) is 1.14. The van der Waals surface area contributed by atoms with Crippen LogP contribution in [-0.2, 0) is 6.42 Å². The predicted molar refractivity (Wildman–Crippen MR) is 71.3 cm³/mol. The zero-order chi connectivity index (χ0) is 14.5. The Labute approximate surface area is 112 Å². The van der Waals surface area contributed by atoms with Gasteiger partial charge in [-0.15, -0.1) is 0 Å². The molecule has 0 aromatic heterocycles. The minimum absolute atomic E-state index is 0.221. The van der Waals surface area contributed by atoms with Gasteiger partial charge in [0.2, 0.25) is 0 Å². The summed E-state index contributed by atoms with van der Waals surface area (Å²) in [6.07, 6.45) is -2.22. The molecule has 0 radical (unpaired) electrons. The molecule has 3 nitrogen and oxygen atoms in total. The van der Waals surface area contributed by atoms with Gasteiger partial charge in [0.15, 0.2) is 11.5 Å². The number of methoxy groups -OCH3 is 2. The number of hydrogen-bond acceptors (Lipinski definition) is 3. The van der Waals surface area contributed by atoms with Crippen LogP contribution in [0.3, 0.4) is 0 Å². The number of alkyl halides is 2. The highest BCUT2D eigenvalue weighted by atomic mass is 19.3. The first-order valence-corrected chi connectivity index (χ1v) is 6.21. The quantitative estimate of drug-likeness (QED) is 0.828. The summed E-state index contributed by atoms with van der Waals surface area (Å²) in [6.45, 7) is 3.83. The van der Waals surface area contributed by atoms with Crippen molar-refractivity contribution in [1.82, 2.24) is 5.32 Å². The molecule has 0 fully saturated rings. The van der Waals surface area contributed by atoms with Gasteiger partial charge >= 0.3 is 0 Å². The minimum atomic E-state index is -2.44. The molecule has 5 heteroatoms. The summed E-state index contributed by atoms with van der Waals surface area (Å²) >= 11 is 0. The number of likely N-dealkylation sites (N-methyl/N-ethyl adjacent to an activating group) is 1. The third-order valence-corrected chi connectivity index (χ3v) is 3.08. The van der Waals surface area contributed by atoms with Crippen molar-refractivity contribution in [1.29, 1.82) is 0 Å². The van der Waals surface area contributed by atoms with E-state index >= 15 is 0 Å². The summed E-state index contributed by atoms with van der Waals surface area (Å²) in [7, 11) is 3.07. The predicted octanol–water partition coefficient (Wildman–Crippen LogP) is 2.88. The zero-order valence-corrected chi connectivity index (χ0v) is 11.8. The minimum Gasteiger partial charge on any atom is -0.493 e. The Kier molecular flexibility index (Phi) is 5.54. The van der Waals surface area contributed by atoms with Crippen LogP contribution in [0.4, 0.5) is 8.78 Å². The van der Waals surface area contributed by atoms with Crippen LogP contribution < -0.4 is 14.8 Å². The molecule has 0 heterocycles. The molecule has 1 N–H and O–H groups in total. The standard InChI is InChI=1S/C14H21F2NO2/c1-5-17-14(2,13(15)16)9-10-6-7-11(18-3)12(8-10)19-4/h6-8,13,17H,5,9H2,1-4H3. The van der Waals surface area contributed by atoms with Crippen LogP contribution in [0.5, 0.6) is 11.5 Å². The molecule has 0 saturated carbocycles. The Bertz CT molecular complexity index is 412. The molecule has 1 unspecified atom stereocenters. The van der Waals surface area contributed by atoms with E-state index in [0.29, 0.717) is 18.0 Å². The van der Waals surface area contributed by atoms with E-state index in [-0.39, 0.29) is 6.42 Å². The van der Waals surface area contributed by atoms with Crippen molar-refractivity contribution in [2.75, 3.05) is 20.8 Å². The monoisotopic (exact) mass is 273 g/mol. The first-order chi connectivity index (χ1) is 8.96. The molecule has 0 aliphatic carbocycles. The second-order valence-corrected chi connectivity index (χ2v) is 4.61. The number of rotatable bonds is 7. The van der Waals surface area contributed by atoms with Gasteiger partial charge in [-0.25, -0.2) is 8.78 Å². The highest BCUT2D eigenvalue weighted by Crippen LogP contribution is 2.30. The lowest BCUT2D eigenvalue weighted by molar-refractivity contribution is 0.0415. The molecule has 0 bridgehead atoms. The van der Waals surface area contributed by atoms with Crippen LogP contribution in [0.2, 0.25) is 0 Å². The lowest BCUT2D eigenvalue weighted by Gasteiger charge is -2.30. The Balaban J connectivity index is 2.97. The maximum absolute atomic E-state index is 13.2. The van der Waals surface area contributed by atoms with Crippen molar-refractivity contribution in [3.63, 3.8) is 0 Å². The zero-order valence-electron chi connectivity index (χ0n) is 11.8. The molecule has 1 aromatic rings. The van der Waals surface area contributed by atoms with Gasteiger partial charge < -0.3 is 14.8 Å². The van der Waals surface area contributed by atoms with Crippen molar-refractivity contribution in [3.8, 4) is 11.5 Å². The average Bonchev–Trinajstić information content (AvgIpc) is 2.38. The fraction of sp³-hybridized carbons (Fsp3) is 0.571. The fourth-order valence-corrected chi connectivity index (χ4v) is 2.04. The van der Waals surface area contributed by atoms with Gasteiger partial charge in [-0.2, -0.15) is 0 Å². The van der Waals surface area contributed by atoms with Gasteiger partial charge in [0.1, 0.15) is 0 Å². The largest absolute Gasteiger partial charge is 0.493 e. The fourth-order valence-electron chi connectivity index (χ4n) is 2.04. The maximum atomic E-state index is 13.2. The van der Waals surface area contributed by atoms with Gasteiger partial charge in [-0.05, 0) is 37.6 Å². The van der Waals surface area contributed by atoms with E-state index in [2.05, 4.69) is 5.32 Å². The van der Waals surface area contributed by atoms with Crippen molar-refractivity contribution in [2.24, 2.45) is 0 Å². The number of hydrogen-bond donors (Lipinski definition) is 1. The number of ether oxygens (including phenoxy) is 2. The van der Waals surface area contributed by atoms with Crippen LogP contribution in [0.15, 0.2) is 18.2 Å². The molecule has 108 valence electrons. The summed E-state index contributed by atoms with van der Waals surface area (Å²) in [5, 5.41) is 2.85. The van der Waals surface area contributed by atoms with Crippen LogP contribution in [0.1, 0.15) is 19.4 Å². The first-order valence-electron chi connectivity index (χ1n) is 6.21. The summed E-state index contributed by atoms with van der Waals surface area (Å²) in [4.78, 5) is 0.